The average Bonchev–Trinajstić information content (AvgIpc) is 3.06. The van der Waals surface area contributed by atoms with E-state index in [2.05, 4.69) is 10.3 Å². The molecule has 4 rings (SSSR count). The number of ether oxygens (including phenoxy) is 1. The Labute approximate surface area is 145 Å². The fraction of sp³-hybridized carbons (Fsp3) is 0.389. The Morgan fingerprint density at radius 1 is 1.16 bits per heavy atom. The molecule has 3 aromatic rings. The highest BCUT2D eigenvalue weighted by atomic mass is 16.5. The lowest BCUT2D eigenvalue weighted by molar-refractivity contribution is -0.605. The van der Waals surface area contributed by atoms with Crippen LogP contribution in [0.5, 0.6) is 0 Å². The molecule has 1 N–H and O–H groups in total. The molecule has 0 saturated heterocycles. The number of methoxy groups -OCH3 is 1. The van der Waals surface area contributed by atoms with Crippen molar-refractivity contribution in [3.05, 3.63) is 48.1 Å². The summed E-state index contributed by atoms with van der Waals surface area (Å²) in [7, 11) is 1.78. The number of imidazole rings is 1. The van der Waals surface area contributed by atoms with Gasteiger partial charge in [0, 0.05) is 30.8 Å². The minimum Gasteiger partial charge on any atom is -0.619 e. The second-order valence-electron chi connectivity index (χ2n) is 6.43. The number of rotatable bonds is 4. The Bertz CT molecular complexity index is 854. The molecule has 3 heterocycles. The van der Waals surface area contributed by atoms with Gasteiger partial charge in [0.25, 0.3) is 0 Å². The first-order valence-electron chi connectivity index (χ1n) is 8.56. The fourth-order valence-electron chi connectivity index (χ4n) is 3.38. The summed E-state index contributed by atoms with van der Waals surface area (Å²) in [4.78, 5) is 4.40. The number of nitrogens with one attached hydrogen (secondary N) is 1. The van der Waals surface area contributed by atoms with Crippen molar-refractivity contribution >= 4 is 11.5 Å². The molecule has 7 heteroatoms. The summed E-state index contributed by atoms with van der Waals surface area (Å²) >= 11 is 0. The molecule has 25 heavy (non-hydrogen) atoms. The molecule has 7 nitrogen and oxygen atoms in total. The molecule has 0 atom stereocenters. The highest BCUT2D eigenvalue weighted by Gasteiger charge is 2.21. The fourth-order valence-corrected chi connectivity index (χ4v) is 3.38. The summed E-state index contributed by atoms with van der Waals surface area (Å²) < 4.78 is 8.01. The van der Waals surface area contributed by atoms with Gasteiger partial charge in [0.15, 0.2) is 18.0 Å². The maximum Gasteiger partial charge on any atom is 0.181 e. The van der Waals surface area contributed by atoms with E-state index in [4.69, 9.17) is 9.84 Å². The van der Waals surface area contributed by atoms with Crippen molar-refractivity contribution in [2.75, 3.05) is 12.4 Å². The lowest BCUT2D eigenvalue weighted by atomic mass is 9.93. The largest absolute Gasteiger partial charge is 0.619 e. The smallest absolute Gasteiger partial charge is 0.181 e. The highest BCUT2D eigenvalue weighted by molar-refractivity contribution is 5.62. The van der Waals surface area contributed by atoms with E-state index in [-0.39, 0.29) is 0 Å². The van der Waals surface area contributed by atoms with E-state index in [1.807, 2.05) is 16.6 Å². The Kier molecular flexibility index (Phi) is 4.23. The van der Waals surface area contributed by atoms with Crippen molar-refractivity contribution in [3.8, 4) is 11.3 Å². The first-order valence-corrected chi connectivity index (χ1v) is 8.56. The molecular formula is C18H21N5O2. The molecule has 1 aliphatic carbocycles. The van der Waals surface area contributed by atoms with Gasteiger partial charge in [-0.3, -0.25) is 0 Å². The lowest BCUT2D eigenvalue weighted by Gasteiger charge is -2.28. The number of fused-ring (bicyclic) bond motifs is 1. The van der Waals surface area contributed by atoms with E-state index in [9.17, 15) is 5.21 Å². The number of anilines is 1. The zero-order valence-electron chi connectivity index (χ0n) is 14.1. The SMILES string of the molecule is COC1CCC(Nc2ccc3ncc(-c4cc[n+]([O-])cc4)n3n2)CC1. The monoisotopic (exact) mass is 339 g/mol. The third-order valence-corrected chi connectivity index (χ3v) is 4.82. The number of pyridine rings is 1. The zero-order chi connectivity index (χ0) is 17.2. The molecule has 0 unspecified atom stereocenters. The van der Waals surface area contributed by atoms with Crippen molar-refractivity contribution in [1.82, 2.24) is 14.6 Å². The molecule has 130 valence electrons. The summed E-state index contributed by atoms with van der Waals surface area (Å²) in [6.45, 7) is 0. The second-order valence-corrected chi connectivity index (χ2v) is 6.43. The van der Waals surface area contributed by atoms with Crippen LogP contribution in [0, 0.1) is 5.21 Å². The quantitative estimate of drug-likeness (QED) is 0.583. The molecule has 1 fully saturated rings. The highest BCUT2D eigenvalue weighted by Crippen LogP contribution is 2.24. The van der Waals surface area contributed by atoms with Crippen LogP contribution in [-0.4, -0.2) is 33.9 Å². The van der Waals surface area contributed by atoms with Gasteiger partial charge < -0.3 is 15.3 Å². The van der Waals surface area contributed by atoms with E-state index in [1.54, 1.807) is 25.4 Å². The van der Waals surface area contributed by atoms with Gasteiger partial charge >= 0.3 is 0 Å². The Balaban J connectivity index is 1.57. The summed E-state index contributed by atoms with van der Waals surface area (Å²) in [6, 6.07) is 7.87. The molecule has 1 saturated carbocycles. The molecule has 0 amide bonds. The van der Waals surface area contributed by atoms with Crippen LogP contribution >= 0.6 is 0 Å². The van der Waals surface area contributed by atoms with Crippen LogP contribution in [0.1, 0.15) is 25.7 Å². The minimum absolute atomic E-state index is 0.385. The first kappa shape index (κ1) is 15.8. The van der Waals surface area contributed by atoms with Gasteiger partial charge in [0.05, 0.1) is 18.0 Å². The van der Waals surface area contributed by atoms with E-state index < -0.39 is 0 Å². The van der Waals surface area contributed by atoms with E-state index in [1.165, 1.54) is 12.4 Å². The normalized spacial score (nSPS) is 20.7. The average molecular weight is 339 g/mol. The van der Waals surface area contributed by atoms with Crippen LogP contribution < -0.4 is 10.0 Å². The number of aromatic nitrogens is 4. The van der Waals surface area contributed by atoms with Crippen LogP contribution in [0.25, 0.3) is 16.9 Å². The molecule has 0 spiro atoms. The molecule has 0 aliphatic heterocycles. The van der Waals surface area contributed by atoms with Crippen molar-refractivity contribution in [3.63, 3.8) is 0 Å². The van der Waals surface area contributed by atoms with Gasteiger partial charge in [-0.25, -0.2) is 9.50 Å². The van der Waals surface area contributed by atoms with Crippen LogP contribution in [-0.2, 0) is 4.74 Å². The van der Waals surface area contributed by atoms with E-state index >= 15 is 0 Å². The second kappa shape index (κ2) is 6.68. The molecule has 1 aliphatic rings. The molecular weight excluding hydrogens is 318 g/mol. The zero-order valence-corrected chi connectivity index (χ0v) is 14.1. The van der Waals surface area contributed by atoms with Crippen molar-refractivity contribution in [2.24, 2.45) is 0 Å². The number of nitrogens with zero attached hydrogens (tertiary/aromatic N) is 4. The van der Waals surface area contributed by atoms with Gasteiger partial charge in [-0.2, -0.15) is 4.73 Å². The van der Waals surface area contributed by atoms with Gasteiger partial charge in [-0.05, 0) is 37.8 Å². The van der Waals surface area contributed by atoms with Crippen LogP contribution in [0.4, 0.5) is 5.82 Å². The maximum atomic E-state index is 11.2. The predicted octanol–water partition coefficient (Wildman–Crippen LogP) is 2.40. The lowest BCUT2D eigenvalue weighted by Crippen LogP contribution is -2.29. The van der Waals surface area contributed by atoms with Gasteiger partial charge in [0.1, 0.15) is 5.82 Å². The van der Waals surface area contributed by atoms with E-state index in [0.29, 0.717) is 12.1 Å². The standard InChI is InChI=1S/C18H21N5O2/c1-25-15-4-2-14(3-5-15)20-17-6-7-18-19-12-16(23(18)21-17)13-8-10-22(24)11-9-13/h6-12,14-15H,2-5H2,1H3,(H,20,21). The molecule has 0 bridgehead atoms. The Morgan fingerprint density at radius 3 is 2.64 bits per heavy atom. The first-order chi connectivity index (χ1) is 12.2. The van der Waals surface area contributed by atoms with Crippen LogP contribution in [0.3, 0.4) is 0 Å². The Hall–Kier alpha value is -2.67. The van der Waals surface area contributed by atoms with Gasteiger partial charge in [0.2, 0.25) is 0 Å². The van der Waals surface area contributed by atoms with Crippen molar-refractivity contribution in [1.29, 1.82) is 0 Å². The van der Waals surface area contributed by atoms with Crippen LogP contribution in [0.2, 0.25) is 0 Å². The summed E-state index contributed by atoms with van der Waals surface area (Å²) in [5, 5.41) is 19.5. The predicted molar refractivity (Wildman–Crippen MR) is 94.1 cm³/mol. The Morgan fingerprint density at radius 2 is 1.92 bits per heavy atom. The van der Waals surface area contributed by atoms with Gasteiger partial charge in [-0.15, -0.1) is 5.10 Å². The summed E-state index contributed by atoms with van der Waals surface area (Å²) in [5.41, 5.74) is 2.55. The van der Waals surface area contributed by atoms with Crippen molar-refractivity contribution in [2.45, 2.75) is 37.8 Å². The van der Waals surface area contributed by atoms with E-state index in [0.717, 1.165) is 53.1 Å². The molecule has 3 aromatic heterocycles. The number of hydrogen-bond acceptors (Lipinski definition) is 5. The maximum absolute atomic E-state index is 11.2. The summed E-state index contributed by atoms with van der Waals surface area (Å²) in [6.07, 6.45) is 9.43. The third kappa shape index (κ3) is 3.28. The van der Waals surface area contributed by atoms with Gasteiger partial charge in [-0.1, -0.05) is 0 Å². The topological polar surface area (TPSA) is 78.4 Å². The third-order valence-electron chi connectivity index (χ3n) is 4.82. The number of hydrogen-bond donors (Lipinski definition) is 1. The molecule has 0 aromatic carbocycles. The molecule has 0 radical (unpaired) electrons. The van der Waals surface area contributed by atoms with Crippen molar-refractivity contribution < 1.29 is 9.47 Å². The van der Waals surface area contributed by atoms with Crippen LogP contribution in [0.15, 0.2) is 42.9 Å². The minimum atomic E-state index is 0.385. The summed E-state index contributed by atoms with van der Waals surface area (Å²) in [5.74, 6) is 0.836.